The summed E-state index contributed by atoms with van der Waals surface area (Å²) in [6, 6.07) is 7.99. The summed E-state index contributed by atoms with van der Waals surface area (Å²) in [4.78, 5) is 5.52. The van der Waals surface area contributed by atoms with Crippen LogP contribution < -0.4 is 10.5 Å². The van der Waals surface area contributed by atoms with Gasteiger partial charge in [-0.2, -0.15) is 0 Å². The van der Waals surface area contributed by atoms with Crippen molar-refractivity contribution in [2.24, 2.45) is 0 Å². The normalized spacial score (nSPS) is 10.5. The average molecular weight is 274 g/mol. The van der Waals surface area contributed by atoms with E-state index in [1.807, 2.05) is 44.4 Å². The Labute approximate surface area is 118 Å². The molecule has 0 radical (unpaired) electrons. The second kappa shape index (κ2) is 5.97. The Hall–Kier alpha value is -1.68. The maximum absolute atomic E-state index is 6.01. The van der Waals surface area contributed by atoms with E-state index in [1.165, 1.54) is 0 Å². The van der Waals surface area contributed by atoms with Crippen molar-refractivity contribution in [3.05, 3.63) is 47.3 Å². The topological polar surface area (TPSA) is 48.1 Å². The summed E-state index contributed by atoms with van der Waals surface area (Å²) in [6.45, 7) is 4.38. The van der Waals surface area contributed by atoms with Crippen LogP contribution in [0.1, 0.15) is 16.8 Å². The molecule has 0 spiro atoms. The van der Waals surface area contributed by atoms with E-state index in [4.69, 9.17) is 10.5 Å². The molecule has 19 heavy (non-hydrogen) atoms. The molecule has 0 aliphatic carbocycles. The Bertz CT molecular complexity index is 584. The number of rotatable bonds is 4. The molecule has 0 fully saturated rings. The Morgan fingerprint density at radius 3 is 2.74 bits per heavy atom. The number of hydrogen-bond acceptors (Lipinski definition) is 4. The quantitative estimate of drug-likeness (QED) is 0.866. The molecular weight excluding hydrogens is 256 g/mol. The molecule has 2 aromatic rings. The van der Waals surface area contributed by atoms with Crippen molar-refractivity contribution in [1.82, 2.24) is 4.98 Å². The molecule has 0 saturated carbocycles. The zero-order valence-electron chi connectivity index (χ0n) is 11.4. The Morgan fingerprint density at radius 2 is 2.00 bits per heavy atom. The van der Waals surface area contributed by atoms with E-state index in [-0.39, 0.29) is 0 Å². The fourth-order valence-electron chi connectivity index (χ4n) is 1.82. The predicted molar refractivity (Wildman–Crippen MR) is 80.7 cm³/mol. The minimum absolute atomic E-state index is 0.438. The zero-order valence-corrected chi connectivity index (χ0v) is 12.3. The van der Waals surface area contributed by atoms with Gasteiger partial charge < -0.3 is 10.5 Å². The van der Waals surface area contributed by atoms with Gasteiger partial charge in [0.1, 0.15) is 12.4 Å². The molecule has 0 unspecified atom stereocenters. The largest absolute Gasteiger partial charge is 0.486 e. The van der Waals surface area contributed by atoms with Gasteiger partial charge in [-0.25, -0.2) is 0 Å². The number of ether oxygens (including phenoxy) is 1. The van der Waals surface area contributed by atoms with Crippen molar-refractivity contribution >= 4 is 17.4 Å². The van der Waals surface area contributed by atoms with Crippen LogP contribution in [0, 0.1) is 13.8 Å². The molecule has 0 aliphatic heterocycles. The molecule has 0 saturated heterocycles. The maximum Gasteiger partial charge on any atom is 0.133 e. The van der Waals surface area contributed by atoms with Crippen molar-refractivity contribution in [2.45, 2.75) is 25.3 Å². The molecule has 0 amide bonds. The third-order valence-corrected chi connectivity index (χ3v) is 3.89. The molecule has 1 heterocycles. The minimum atomic E-state index is 0.438. The number of hydrogen-bond donors (Lipinski definition) is 1. The highest BCUT2D eigenvalue weighted by atomic mass is 32.2. The second-order valence-corrected chi connectivity index (χ2v) is 5.21. The monoisotopic (exact) mass is 274 g/mol. The average Bonchev–Trinajstić information content (AvgIpc) is 2.44. The molecule has 4 heteroatoms. The third kappa shape index (κ3) is 3.01. The van der Waals surface area contributed by atoms with Gasteiger partial charge >= 0.3 is 0 Å². The predicted octanol–water partition coefficient (Wildman–Crippen LogP) is 3.58. The van der Waals surface area contributed by atoms with Crippen molar-refractivity contribution < 1.29 is 4.74 Å². The van der Waals surface area contributed by atoms with Crippen molar-refractivity contribution in [2.75, 3.05) is 12.0 Å². The van der Waals surface area contributed by atoms with Crippen LogP contribution in [0.3, 0.4) is 0 Å². The van der Waals surface area contributed by atoms with Crippen molar-refractivity contribution in [3.8, 4) is 5.75 Å². The van der Waals surface area contributed by atoms with Gasteiger partial charge in [0.2, 0.25) is 0 Å². The molecule has 0 bridgehead atoms. The SMILES string of the molecule is CSc1ccccc1OCc1ncc(C)c(N)c1C. The van der Waals surface area contributed by atoms with Gasteiger partial charge in [-0.15, -0.1) is 11.8 Å². The Morgan fingerprint density at radius 1 is 1.26 bits per heavy atom. The van der Waals surface area contributed by atoms with E-state index >= 15 is 0 Å². The molecular formula is C15H18N2OS. The summed E-state index contributed by atoms with van der Waals surface area (Å²) in [5.41, 5.74) is 9.70. The van der Waals surface area contributed by atoms with Crippen molar-refractivity contribution in [1.29, 1.82) is 0 Å². The Kier molecular flexibility index (Phi) is 4.32. The lowest BCUT2D eigenvalue weighted by Crippen LogP contribution is -2.05. The first-order chi connectivity index (χ1) is 9.13. The summed E-state index contributed by atoms with van der Waals surface area (Å²) in [5.74, 6) is 0.885. The number of nitrogen functional groups attached to an aromatic ring is 1. The number of anilines is 1. The highest BCUT2D eigenvalue weighted by Crippen LogP contribution is 2.28. The van der Waals surface area contributed by atoms with Crippen molar-refractivity contribution in [3.63, 3.8) is 0 Å². The van der Waals surface area contributed by atoms with E-state index in [9.17, 15) is 0 Å². The minimum Gasteiger partial charge on any atom is -0.486 e. The molecule has 0 aliphatic rings. The van der Waals surface area contributed by atoms with Crippen LogP contribution in [0.2, 0.25) is 0 Å². The molecule has 3 nitrogen and oxygen atoms in total. The smallest absolute Gasteiger partial charge is 0.133 e. The van der Waals surface area contributed by atoms with E-state index in [2.05, 4.69) is 4.98 Å². The summed E-state index contributed by atoms with van der Waals surface area (Å²) < 4.78 is 5.85. The number of thioether (sulfide) groups is 1. The van der Waals surface area contributed by atoms with Crippen LogP contribution in [-0.4, -0.2) is 11.2 Å². The fourth-order valence-corrected chi connectivity index (χ4v) is 2.36. The number of nitrogens with two attached hydrogens (primary N) is 1. The van der Waals surface area contributed by atoms with Gasteiger partial charge in [-0.3, -0.25) is 4.98 Å². The maximum atomic E-state index is 6.01. The standard InChI is InChI=1S/C15H18N2OS/c1-10-8-17-12(11(2)15(10)16)9-18-13-6-4-5-7-14(13)19-3/h4-8H,9H2,1-3H3,(H2,16,17). The molecule has 2 N–H and O–H groups in total. The van der Waals surface area contributed by atoms with E-state index in [1.54, 1.807) is 18.0 Å². The lowest BCUT2D eigenvalue weighted by atomic mass is 10.1. The van der Waals surface area contributed by atoms with Gasteiger partial charge in [-0.05, 0) is 43.4 Å². The molecule has 2 rings (SSSR count). The second-order valence-electron chi connectivity index (χ2n) is 4.37. The summed E-state index contributed by atoms with van der Waals surface area (Å²) in [7, 11) is 0. The molecule has 100 valence electrons. The summed E-state index contributed by atoms with van der Waals surface area (Å²) in [5, 5.41) is 0. The van der Waals surface area contributed by atoms with Crippen LogP contribution in [0.25, 0.3) is 0 Å². The van der Waals surface area contributed by atoms with Gasteiger partial charge in [0.25, 0.3) is 0 Å². The van der Waals surface area contributed by atoms with Gasteiger partial charge in [0.15, 0.2) is 0 Å². The molecule has 0 atom stereocenters. The van der Waals surface area contributed by atoms with Crippen LogP contribution in [0.5, 0.6) is 5.75 Å². The highest BCUT2D eigenvalue weighted by molar-refractivity contribution is 7.98. The van der Waals surface area contributed by atoms with Gasteiger partial charge in [0, 0.05) is 16.8 Å². The van der Waals surface area contributed by atoms with Crippen LogP contribution in [-0.2, 0) is 6.61 Å². The molecule has 1 aromatic carbocycles. The molecule has 1 aromatic heterocycles. The first-order valence-electron chi connectivity index (χ1n) is 6.10. The van der Waals surface area contributed by atoms with Crippen LogP contribution in [0.4, 0.5) is 5.69 Å². The number of aromatic nitrogens is 1. The van der Waals surface area contributed by atoms with Gasteiger partial charge in [0.05, 0.1) is 5.69 Å². The first kappa shape index (κ1) is 13.7. The summed E-state index contributed by atoms with van der Waals surface area (Å²) >= 11 is 1.67. The first-order valence-corrected chi connectivity index (χ1v) is 7.32. The highest BCUT2D eigenvalue weighted by Gasteiger charge is 2.08. The lowest BCUT2D eigenvalue weighted by Gasteiger charge is -2.12. The third-order valence-electron chi connectivity index (χ3n) is 3.11. The van der Waals surface area contributed by atoms with E-state index in [0.717, 1.165) is 33.2 Å². The van der Waals surface area contributed by atoms with Crippen LogP contribution in [0.15, 0.2) is 35.4 Å². The number of pyridine rings is 1. The van der Waals surface area contributed by atoms with E-state index in [0.29, 0.717) is 6.61 Å². The van der Waals surface area contributed by atoms with Gasteiger partial charge in [-0.1, -0.05) is 12.1 Å². The fraction of sp³-hybridized carbons (Fsp3) is 0.267. The number of nitrogens with zero attached hydrogens (tertiary/aromatic N) is 1. The van der Waals surface area contributed by atoms with E-state index < -0.39 is 0 Å². The van der Waals surface area contributed by atoms with Crippen LogP contribution >= 0.6 is 11.8 Å². The number of benzene rings is 1. The zero-order chi connectivity index (χ0) is 13.8. The number of aryl methyl sites for hydroxylation is 1. The Balaban J connectivity index is 2.17. The summed E-state index contributed by atoms with van der Waals surface area (Å²) in [6.07, 6.45) is 3.83. The number of para-hydroxylation sites is 1. The lowest BCUT2D eigenvalue weighted by molar-refractivity contribution is 0.293.